The Labute approximate surface area is 208 Å². The van der Waals surface area contributed by atoms with Gasteiger partial charge in [-0.05, 0) is 55.3 Å². The molecule has 1 aliphatic heterocycles. The average Bonchev–Trinajstić information content (AvgIpc) is 3.65. The van der Waals surface area contributed by atoms with Crippen LogP contribution in [0.3, 0.4) is 0 Å². The Morgan fingerprint density at radius 3 is 2.64 bits per heavy atom. The summed E-state index contributed by atoms with van der Waals surface area (Å²) in [7, 11) is 12.7. The zero-order valence-corrected chi connectivity index (χ0v) is 19.8. The lowest BCUT2D eigenvalue weighted by molar-refractivity contribution is -0.0589. The van der Waals surface area contributed by atoms with Gasteiger partial charge in [0.1, 0.15) is 23.0 Å². The Balaban J connectivity index is 1.31. The number of fused-ring (bicyclic) bond motifs is 1. The van der Waals surface area contributed by atoms with E-state index in [1.54, 1.807) is 24.8 Å². The monoisotopic (exact) mass is 489 g/mol. The van der Waals surface area contributed by atoms with Crippen molar-refractivity contribution in [2.45, 2.75) is 56.6 Å². The van der Waals surface area contributed by atoms with Crippen LogP contribution < -0.4 is 15.6 Å². The van der Waals surface area contributed by atoms with E-state index in [0.29, 0.717) is 17.6 Å². The number of hydrogen-bond acceptors (Lipinski definition) is 6. The van der Waals surface area contributed by atoms with Crippen molar-refractivity contribution >= 4 is 32.6 Å². The van der Waals surface area contributed by atoms with Gasteiger partial charge in [-0.2, -0.15) is 4.39 Å². The Morgan fingerprint density at radius 2 is 2.00 bits per heavy atom. The quantitative estimate of drug-likeness (QED) is 0.387. The van der Waals surface area contributed by atoms with Crippen LogP contribution in [0.1, 0.15) is 48.4 Å². The minimum Gasteiger partial charge on any atom is -0.483 e. The summed E-state index contributed by atoms with van der Waals surface area (Å²) in [5, 5.41) is 1.02. The number of ether oxygens (including phenoxy) is 1. The first-order chi connectivity index (χ1) is 17.1. The molecule has 1 aromatic carbocycles. The second kappa shape index (κ2) is 8.99. The molecule has 36 heavy (non-hydrogen) atoms. The van der Waals surface area contributed by atoms with E-state index in [2.05, 4.69) is 20.3 Å². The van der Waals surface area contributed by atoms with Crippen molar-refractivity contribution in [1.29, 1.82) is 0 Å². The summed E-state index contributed by atoms with van der Waals surface area (Å²) < 4.78 is 35.7. The van der Waals surface area contributed by atoms with Crippen LogP contribution >= 0.6 is 0 Å². The summed E-state index contributed by atoms with van der Waals surface area (Å²) in [5.74, 6) is -2.21. The molecule has 1 amide bonds. The molecule has 1 saturated carbocycles. The molecule has 2 atom stereocenters. The van der Waals surface area contributed by atoms with Gasteiger partial charge in [0.25, 0.3) is 17.4 Å². The first kappa shape index (κ1) is 24.4. The van der Waals surface area contributed by atoms with Crippen molar-refractivity contribution in [3.8, 4) is 5.75 Å². The number of benzene rings is 1. The lowest BCUT2D eigenvalue weighted by Crippen LogP contribution is -2.68. The van der Waals surface area contributed by atoms with Crippen molar-refractivity contribution < 1.29 is 18.3 Å². The molecule has 3 aromatic rings. The van der Waals surface area contributed by atoms with Crippen LogP contribution in [0.5, 0.6) is 5.75 Å². The number of carbonyl (C=O) groups excluding carboxylic acids is 1. The zero-order valence-electron chi connectivity index (χ0n) is 19.8. The van der Waals surface area contributed by atoms with Crippen molar-refractivity contribution in [2.24, 2.45) is 0 Å². The van der Waals surface area contributed by atoms with Gasteiger partial charge in [0.05, 0.1) is 21.2 Å². The predicted molar refractivity (Wildman–Crippen MR) is 130 cm³/mol. The number of aromatic nitrogens is 3. The van der Waals surface area contributed by atoms with Gasteiger partial charge < -0.3 is 19.9 Å². The molecule has 4 radical (unpaired) electrons. The minimum absolute atomic E-state index is 0.0247. The van der Waals surface area contributed by atoms with Gasteiger partial charge in [-0.1, -0.05) is 13.0 Å². The fourth-order valence-corrected chi connectivity index (χ4v) is 4.35. The summed E-state index contributed by atoms with van der Waals surface area (Å²) in [5.41, 5.74) is -0.00747. The molecular formula is C24H23B2F2N5O3. The Kier molecular flexibility index (Phi) is 6.10. The lowest BCUT2D eigenvalue weighted by atomic mass is 9.55. The number of H-pyrrole nitrogens is 1. The Bertz CT molecular complexity index is 1410. The number of hydrogen-bond donors (Lipinski definition) is 2. The fraction of sp³-hybridized carbons (Fsp3) is 0.417. The van der Waals surface area contributed by atoms with Crippen LogP contribution in [0.15, 0.2) is 29.1 Å². The van der Waals surface area contributed by atoms with Crippen LogP contribution in [-0.2, 0) is 11.8 Å². The van der Waals surface area contributed by atoms with E-state index in [1.165, 1.54) is 18.2 Å². The normalized spacial score (nSPS) is 20.2. The van der Waals surface area contributed by atoms with Crippen molar-refractivity contribution in [2.75, 3.05) is 6.54 Å². The van der Waals surface area contributed by atoms with Gasteiger partial charge in [-0.15, -0.1) is 0 Å². The molecule has 12 heteroatoms. The highest BCUT2D eigenvalue weighted by atomic mass is 19.1. The van der Waals surface area contributed by atoms with E-state index in [-0.39, 0.29) is 35.1 Å². The first-order valence-electron chi connectivity index (χ1n) is 11.8. The summed E-state index contributed by atoms with van der Waals surface area (Å²) in [4.78, 5) is 36.3. The largest absolute Gasteiger partial charge is 0.483 e. The zero-order chi connectivity index (χ0) is 25.8. The average molecular weight is 489 g/mol. The van der Waals surface area contributed by atoms with Crippen molar-refractivity contribution in [3.63, 3.8) is 0 Å². The molecule has 1 aliphatic carbocycles. The standard InChI is InChI=1S/C24H23B2F2N5O3/c1-3-14-22(34)32-20-15(30-14)7-6-13(19(20)27)24(25,26)33-10-18(11(33)2)36-17-9-8-16(31-21(17)28)23(35)29-12-4-5-12/h6-9,11-12,18H,3-5,10H2,1-2H3,(H,29,35)(H,32,34)/t11-,18+/m1/s1. The number of rotatable bonds is 7. The van der Waals surface area contributed by atoms with E-state index in [9.17, 15) is 14.0 Å². The second-order valence-electron chi connectivity index (χ2n) is 9.30. The highest BCUT2D eigenvalue weighted by Crippen LogP contribution is 2.36. The van der Waals surface area contributed by atoms with Gasteiger partial charge in [0.15, 0.2) is 11.6 Å². The summed E-state index contributed by atoms with van der Waals surface area (Å²) in [6, 6.07) is 5.47. The van der Waals surface area contributed by atoms with Crippen molar-refractivity contribution in [3.05, 3.63) is 63.3 Å². The third-order valence-corrected chi connectivity index (χ3v) is 6.76. The third kappa shape index (κ3) is 4.27. The lowest BCUT2D eigenvalue weighted by Gasteiger charge is -2.55. The molecule has 0 bridgehead atoms. The van der Waals surface area contributed by atoms with Crippen LogP contribution in [-0.4, -0.2) is 66.2 Å². The minimum atomic E-state index is -1.74. The molecule has 8 nitrogen and oxygen atoms in total. The molecular weight excluding hydrogens is 466 g/mol. The number of nitrogens with zero attached hydrogens (tertiary/aromatic N) is 3. The summed E-state index contributed by atoms with van der Waals surface area (Å²) >= 11 is 0. The molecule has 182 valence electrons. The number of nitrogens with one attached hydrogen (secondary N) is 2. The molecule has 2 N–H and O–H groups in total. The molecule has 2 aliphatic rings. The maximum Gasteiger partial charge on any atom is 0.270 e. The Morgan fingerprint density at radius 1 is 1.25 bits per heavy atom. The molecule has 1 saturated heterocycles. The smallest absolute Gasteiger partial charge is 0.270 e. The third-order valence-electron chi connectivity index (χ3n) is 6.76. The van der Waals surface area contributed by atoms with E-state index in [1.807, 2.05) is 0 Å². The molecule has 2 fully saturated rings. The number of aryl methyl sites for hydroxylation is 1. The van der Waals surface area contributed by atoms with E-state index < -0.39 is 40.7 Å². The number of amides is 1. The van der Waals surface area contributed by atoms with Gasteiger partial charge in [-0.25, -0.2) is 14.4 Å². The molecule has 0 unspecified atom stereocenters. The molecule has 5 rings (SSSR count). The maximum atomic E-state index is 15.4. The maximum absolute atomic E-state index is 15.4. The number of aromatic amines is 1. The van der Waals surface area contributed by atoms with E-state index >= 15 is 4.39 Å². The van der Waals surface area contributed by atoms with E-state index in [0.717, 1.165) is 12.8 Å². The van der Waals surface area contributed by atoms with Crippen LogP contribution in [0, 0.1) is 11.8 Å². The second-order valence-corrected chi connectivity index (χ2v) is 9.30. The number of halogens is 2. The molecule has 2 aromatic heterocycles. The van der Waals surface area contributed by atoms with Crippen molar-refractivity contribution in [1.82, 2.24) is 25.2 Å². The highest BCUT2D eigenvalue weighted by Gasteiger charge is 2.46. The number of likely N-dealkylation sites (tertiary alicyclic amines) is 1. The van der Waals surface area contributed by atoms with Crippen LogP contribution in [0.4, 0.5) is 8.78 Å². The number of carbonyl (C=O) groups is 1. The van der Waals surface area contributed by atoms with Crippen LogP contribution in [0.25, 0.3) is 11.0 Å². The molecule has 3 heterocycles. The Hall–Kier alpha value is -3.27. The topological polar surface area (TPSA) is 100 Å². The predicted octanol–water partition coefficient (Wildman–Crippen LogP) is 1.65. The molecule has 0 spiro atoms. The van der Waals surface area contributed by atoms with E-state index in [4.69, 9.17) is 20.4 Å². The number of pyridine rings is 1. The van der Waals surface area contributed by atoms with Gasteiger partial charge in [-0.3, -0.25) is 9.59 Å². The van der Waals surface area contributed by atoms with Crippen LogP contribution in [0.2, 0.25) is 0 Å². The highest BCUT2D eigenvalue weighted by molar-refractivity contribution is 6.39. The fourth-order valence-electron chi connectivity index (χ4n) is 4.35. The first-order valence-corrected chi connectivity index (χ1v) is 11.8. The van der Waals surface area contributed by atoms with Gasteiger partial charge >= 0.3 is 0 Å². The van der Waals surface area contributed by atoms with Gasteiger partial charge in [0.2, 0.25) is 0 Å². The van der Waals surface area contributed by atoms with Gasteiger partial charge in [0, 0.05) is 18.6 Å². The summed E-state index contributed by atoms with van der Waals surface area (Å²) in [6.07, 6.45) is 1.72. The SMILES string of the molecule is [B]C([B])(c1ccc2nc(CC)c(=O)[nH]c2c1F)N1C[C@H](Oc2ccc(C(=O)NC3CC3)nc2F)[C@H]1C. The summed E-state index contributed by atoms with van der Waals surface area (Å²) in [6.45, 7) is 3.73.